The monoisotopic (exact) mass is 332 g/mol. The first-order chi connectivity index (χ1) is 11.0. The summed E-state index contributed by atoms with van der Waals surface area (Å²) in [6.07, 6.45) is 2.21. The molecule has 1 atom stereocenters. The molecule has 0 amide bonds. The van der Waals surface area contributed by atoms with Gasteiger partial charge in [-0.15, -0.1) is 0 Å². The van der Waals surface area contributed by atoms with E-state index in [2.05, 4.69) is 9.98 Å². The minimum Gasteiger partial charge on any atom is -0.496 e. The standard InChI is InChI=1S/C17H17FN2O2S/c1-10-8-19-15(11(2)17(10)22-3)9-23(21)16-6-12-4-5-13(18)7-14(12)20-16/h4-5,7-8H,6,9H2,1-3H3. The van der Waals surface area contributed by atoms with Crippen LogP contribution in [0.1, 0.15) is 22.4 Å². The summed E-state index contributed by atoms with van der Waals surface area (Å²) >= 11 is 0. The summed E-state index contributed by atoms with van der Waals surface area (Å²) in [7, 11) is 0.317. The van der Waals surface area contributed by atoms with Gasteiger partial charge >= 0.3 is 0 Å². The fourth-order valence-electron chi connectivity index (χ4n) is 2.68. The van der Waals surface area contributed by atoms with Gasteiger partial charge in [-0.05, 0) is 31.5 Å². The quantitative estimate of drug-likeness (QED) is 0.866. The molecule has 3 rings (SSSR count). The topological polar surface area (TPSA) is 51.5 Å². The molecule has 1 unspecified atom stereocenters. The van der Waals surface area contributed by atoms with E-state index < -0.39 is 10.8 Å². The van der Waals surface area contributed by atoms with Crippen LogP contribution in [0.5, 0.6) is 5.75 Å². The Morgan fingerprint density at radius 2 is 2.13 bits per heavy atom. The van der Waals surface area contributed by atoms with Crippen molar-refractivity contribution in [2.24, 2.45) is 4.99 Å². The van der Waals surface area contributed by atoms with Gasteiger partial charge in [0.1, 0.15) is 16.6 Å². The first-order valence-corrected chi connectivity index (χ1v) is 8.55. The molecule has 0 aliphatic carbocycles. The van der Waals surface area contributed by atoms with Crippen LogP contribution in [0, 0.1) is 19.7 Å². The van der Waals surface area contributed by atoms with Crippen LogP contribution in [-0.4, -0.2) is 21.3 Å². The third-order valence-electron chi connectivity index (χ3n) is 3.91. The molecule has 0 spiro atoms. The van der Waals surface area contributed by atoms with E-state index in [1.807, 2.05) is 13.8 Å². The van der Waals surface area contributed by atoms with E-state index in [4.69, 9.17) is 4.74 Å². The van der Waals surface area contributed by atoms with Gasteiger partial charge in [0.05, 0.1) is 35.0 Å². The second-order valence-corrected chi connectivity index (χ2v) is 6.94. The smallest absolute Gasteiger partial charge is 0.128 e. The average Bonchev–Trinajstić information content (AvgIpc) is 2.93. The maximum Gasteiger partial charge on any atom is 0.128 e. The van der Waals surface area contributed by atoms with Crippen LogP contribution in [-0.2, 0) is 23.0 Å². The molecule has 2 aromatic rings. The zero-order chi connectivity index (χ0) is 16.6. The number of halogens is 1. The Hall–Kier alpha value is -2.08. The van der Waals surface area contributed by atoms with Gasteiger partial charge in [0.15, 0.2) is 0 Å². The maximum absolute atomic E-state index is 13.2. The maximum atomic E-state index is 13.2. The van der Waals surface area contributed by atoms with Crippen molar-refractivity contribution in [3.8, 4) is 5.75 Å². The summed E-state index contributed by atoms with van der Waals surface area (Å²) in [6.45, 7) is 3.83. The molecule has 1 aliphatic heterocycles. The zero-order valence-electron chi connectivity index (χ0n) is 13.2. The van der Waals surface area contributed by atoms with Crippen LogP contribution in [0.25, 0.3) is 0 Å². The predicted octanol–water partition coefficient (Wildman–Crippen LogP) is 3.38. The summed E-state index contributed by atoms with van der Waals surface area (Å²) in [5.41, 5.74) is 4.04. The molecule has 0 bridgehead atoms. The number of methoxy groups -OCH3 is 1. The lowest BCUT2D eigenvalue weighted by Gasteiger charge is -2.12. The Labute approximate surface area is 136 Å². The largest absolute Gasteiger partial charge is 0.496 e. The zero-order valence-corrected chi connectivity index (χ0v) is 14.0. The molecule has 6 heteroatoms. The molecule has 0 saturated carbocycles. The lowest BCUT2D eigenvalue weighted by atomic mass is 10.1. The molecule has 23 heavy (non-hydrogen) atoms. The normalized spacial score (nSPS) is 14.3. The Kier molecular flexibility index (Phi) is 4.26. The number of hydrogen-bond acceptors (Lipinski definition) is 4. The van der Waals surface area contributed by atoms with Gasteiger partial charge in [-0.2, -0.15) is 0 Å². The summed E-state index contributed by atoms with van der Waals surface area (Å²) in [5, 5.41) is 0.561. The number of hydrogen-bond donors (Lipinski definition) is 0. The highest BCUT2D eigenvalue weighted by Crippen LogP contribution is 2.30. The first kappa shape index (κ1) is 15.8. The van der Waals surface area contributed by atoms with E-state index in [-0.39, 0.29) is 11.6 Å². The van der Waals surface area contributed by atoms with Crippen molar-refractivity contribution >= 4 is 21.5 Å². The number of aryl methyl sites for hydroxylation is 1. The lowest BCUT2D eigenvalue weighted by Crippen LogP contribution is -2.12. The number of benzene rings is 1. The summed E-state index contributed by atoms with van der Waals surface area (Å²) < 4.78 is 31.2. The Morgan fingerprint density at radius 3 is 2.87 bits per heavy atom. The van der Waals surface area contributed by atoms with Crippen LogP contribution >= 0.6 is 0 Å². The van der Waals surface area contributed by atoms with E-state index >= 15 is 0 Å². The molecule has 4 nitrogen and oxygen atoms in total. The van der Waals surface area contributed by atoms with Gasteiger partial charge in [-0.1, -0.05) is 6.07 Å². The number of aromatic nitrogens is 1. The molecule has 2 heterocycles. The highest BCUT2D eigenvalue weighted by Gasteiger charge is 2.21. The van der Waals surface area contributed by atoms with E-state index in [9.17, 15) is 8.60 Å². The van der Waals surface area contributed by atoms with Gasteiger partial charge in [0, 0.05) is 23.7 Å². The molecule has 0 saturated heterocycles. The van der Waals surface area contributed by atoms with Crippen molar-refractivity contribution in [1.29, 1.82) is 0 Å². The van der Waals surface area contributed by atoms with Gasteiger partial charge in [0.25, 0.3) is 0 Å². The van der Waals surface area contributed by atoms with Crippen molar-refractivity contribution in [3.05, 3.63) is 52.6 Å². The number of pyridine rings is 1. The molecule has 1 aliphatic rings. The second kappa shape index (κ2) is 6.20. The Morgan fingerprint density at radius 1 is 1.35 bits per heavy atom. The van der Waals surface area contributed by atoms with Crippen molar-refractivity contribution in [1.82, 2.24) is 4.98 Å². The van der Waals surface area contributed by atoms with Gasteiger partial charge in [0.2, 0.25) is 0 Å². The Bertz CT molecular complexity index is 834. The Balaban J connectivity index is 1.83. The van der Waals surface area contributed by atoms with Crippen LogP contribution in [0.15, 0.2) is 29.4 Å². The lowest BCUT2D eigenvalue weighted by molar-refractivity contribution is 0.407. The van der Waals surface area contributed by atoms with E-state index in [0.29, 0.717) is 17.2 Å². The SMILES string of the molecule is COc1c(C)cnc(CS(=O)C2=Nc3cc(F)ccc3C2)c1C. The highest BCUT2D eigenvalue weighted by molar-refractivity contribution is 8.00. The van der Waals surface area contributed by atoms with Crippen LogP contribution in [0.3, 0.4) is 0 Å². The van der Waals surface area contributed by atoms with E-state index in [1.165, 1.54) is 12.1 Å². The minimum absolute atomic E-state index is 0.276. The summed E-state index contributed by atoms with van der Waals surface area (Å²) in [5.74, 6) is 0.712. The van der Waals surface area contributed by atoms with E-state index in [0.717, 1.165) is 28.1 Å². The van der Waals surface area contributed by atoms with Gasteiger partial charge < -0.3 is 4.74 Å². The van der Waals surface area contributed by atoms with Gasteiger partial charge in [-0.3, -0.25) is 9.19 Å². The molecule has 0 fully saturated rings. The number of nitrogens with zero attached hydrogens (tertiary/aromatic N) is 2. The van der Waals surface area contributed by atoms with Crippen molar-refractivity contribution in [2.45, 2.75) is 26.0 Å². The molecule has 0 N–H and O–H groups in total. The highest BCUT2D eigenvalue weighted by atomic mass is 32.2. The van der Waals surface area contributed by atoms with E-state index in [1.54, 1.807) is 19.4 Å². The molecule has 1 aromatic carbocycles. The second-order valence-electron chi connectivity index (χ2n) is 5.49. The first-order valence-electron chi connectivity index (χ1n) is 7.23. The predicted molar refractivity (Wildman–Crippen MR) is 89.3 cm³/mol. The molecular weight excluding hydrogens is 315 g/mol. The van der Waals surface area contributed by atoms with Crippen molar-refractivity contribution in [3.63, 3.8) is 0 Å². The molecule has 0 radical (unpaired) electrons. The summed E-state index contributed by atoms with van der Waals surface area (Å²) in [6, 6.07) is 4.46. The third-order valence-corrected chi connectivity index (χ3v) is 5.21. The molecule has 120 valence electrons. The van der Waals surface area contributed by atoms with Gasteiger partial charge in [-0.25, -0.2) is 9.38 Å². The number of ether oxygens (including phenoxy) is 1. The van der Waals surface area contributed by atoms with Crippen LogP contribution in [0.2, 0.25) is 0 Å². The van der Waals surface area contributed by atoms with Crippen molar-refractivity contribution < 1.29 is 13.3 Å². The number of aliphatic imine (C=N–C) groups is 1. The number of fused-ring (bicyclic) bond motifs is 1. The average molecular weight is 332 g/mol. The molecular formula is C17H17FN2O2S. The van der Waals surface area contributed by atoms with Crippen molar-refractivity contribution in [2.75, 3.05) is 7.11 Å². The van der Waals surface area contributed by atoms with Crippen LogP contribution in [0.4, 0.5) is 10.1 Å². The summed E-state index contributed by atoms with van der Waals surface area (Å²) in [4.78, 5) is 8.69. The number of rotatable bonds is 3. The minimum atomic E-state index is -1.30. The molecule has 1 aromatic heterocycles. The fraction of sp³-hybridized carbons (Fsp3) is 0.294. The van der Waals surface area contributed by atoms with Crippen LogP contribution < -0.4 is 4.74 Å². The third kappa shape index (κ3) is 3.03. The fourth-order valence-corrected chi connectivity index (χ4v) is 3.91.